The number of carbonyl (C=O) groups is 1. The summed E-state index contributed by atoms with van der Waals surface area (Å²) in [5, 5.41) is 13.2. The second-order valence-corrected chi connectivity index (χ2v) is 5.88. The molecule has 1 atom stereocenters. The summed E-state index contributed by atoms with van der Waals surface area (Å²) >= 11 is 5.88. The van der Waals surface area contributed by atoms with E-state index in [1.807, 2.05) is 32.3 Å². The third-order valence-corrected chi connectivity index (χ3v) is 2.89. The van der Waals surface area contributed by atoms with Gasteiger partial charge in [0.05, 0.1) is 14.1 Å². The monoisotopic (exact) mass is 300 g/mol. The molecule has 0 saturated carbocycles. The molecule has 0 saturated heterocycles. The lowest BCUT2D eigenvalue weighted by atomic mass is 10.3. The summed E-state index contributed by atoms with van der Waals surface area (Å²) in [6.07, 6.45) is -0.108. The van der Waals surface area contributed by atoms with Crippen molar-refractivity contribution in [3.05, 3.63) is 29.3 Å². The van der Waals surface area contributed by atoms with Crippen LogP contribution in [0.3, 0.4) is 0 Å². The van der Waals surface area contributed by atoms with Crippen molar-refractivity contribution in [3.8, 4) is 0 Å². The fourth-order valence-corrected chi connectivity index (χ4v) is 2.21. The molecule has 0 aromatic heterocycles. The maximum absolute atomic E-state index is 11.8. The zero-order chi connectivity index (χ0) is 15.2. The molecule has 1 unspecified atom stereocenters. The number of likely N-dealkylation sites (N-methyl/N-ethyl adjacent to an activating group) is 1. The molecule has 0 heterocycles. The molecule has 0 bridgehead atoms. The first-order valence-corrected chi connectivity index (χ1v) is 6.98. The third-order valence-electron chi connectivity index (χ3n) is 2.65. The van der Waals surface area contributed by atoms with Crippen molar-refractivity contribution in [2.45, 2.75) is 19.4 Å². The molecule has 1 aromatic rings. The molecule has 112 valence electrons. The normalized spacial score (nSPS) is 12.8. The lowest BCUT2D eigenvalue weighted by Crippen LogP contribution is -2.57. The molecular weight excluding hydrogens is 278 g/mol. The Morgan fingerprint density at radius 2 is 2.15 bits per heavy atom. The quantitative estimate of drug-likeness (QED) is 0.530. The van der Waals surface area contributed by atoms with Gasteiger partial charge in [0, 0.05) is 23.7 Å². The Labute approximate surface area is 125 Å². The smallest absolute Gasteiger partial charge is 0.266 e. The first kappa shape index (κ1) is 16.8. The Balaban J connectivity index is 2.33. The van der Waals surface area contributed by atoms with E-state index in [1.54, 1.807) is 13.0 Å². The van der Waals surface area contributed by atoms with Crippen molar-refractivity contribution < 1.29 is 14.5 Å². The Hall–Kier alpha value is -1.30. The molecule has 0 aliphatic carbocycles. The molecule has 0 aliphatic rings. The molecule has 0 fully saturated rings. The van der Waals surface area contributed by atoms with E-state index in [4.69, 9.17) is 11.6 Å². The molecule has 1 rings (SSSR count). The van der Waals surface area contributed by atoms with E-state index in [2.05, 4.69) is 10.7 Å². The van der Waals surface area contributed by atoms with Gasteiger partial charge in [0.25, 0.3) is 5.91 Å². The SMILES string of the molecule is CC(O)C[N+](C)(C)NC(=O)CCNc1cccc(Cl)c1. The Bertz CT molecular complexity index is 450. The Morgan fingerprint density at radius 3 is 2.75 bits per heavy atom. The predicted molar refractivity (Wildman–Crippen MR) is 81.4 cm³/mol. The van der Waals surface area contributed by atoms with Gasteiger partial charge in [-0.1, -0.05) is 17.7 Å². The van der Waals surface area contributed by atoms with Crippen molar-refractivity contribution in [1.29, 1.82) is 0 Å². The van der Waals surface area contributed by atoms with E-state index >= 15 is 0 Å². The van der Waals surface area contributed by atoms with E-state index in [0.29, 0.717) is 24.5 Å². The molecule has 5 nitrogen and oxygen atoms in total. The molecular formula is C14H23ClN3O2+. The number of halogens is 1. The van der Waals surface area contributed by atoms with Crippen LogP contribution in [-0.4, -0.2) is 48.9 Å². The van der Waals surface area contributed by atoms with Crippen LogP contribution in [-0.2, 0) is 4.79 Å². The molecule has 1 aromatic carbocycles. The van der Waals surface area contributed by atoms with Crippen LogP contribution in [0, 0.1) is 0 Å². The molecule has 0 radical (unpaired) electrons. The lowest BCUT2D eigenvalue weighted by molar-refractivity contribution is -0.927. The standard InChI is InChI=1S/C14H22ClN3O2/c1-11(19)10-18(2,3)17-14(20)7-8-16-13-6-4-5-12(15)9-13/h4-6,9,11,16,19H,7-8,10H2,1-3H3/p+1. The minimum Gasteiger partial charge on any atom is -0.387 e. The van der Waals surface area contributed by atoms with Crippen LogP contribution in [0.5, 0.6) is 0 Å². The van der Waals surface area contributed by atoms with Crippen molar-refractivity contribution >= 4 is 23.2 Å². The van der Waals surface area contributed by atoms with Crippen LogP contribution >= 0.6 is 11.6 Å². The first-order chi connectivity index (χ1) is 9.28. The first-order valence-electron chi connectivity index (χ1n) is 6.60. The van der Waals surface area contributed by atoms with Crippen LogP contribution in [0.4, 0.5) is 5.69 Å². The van der Waals surface area contributed by atoms with E-state index in [9.17, 15) is 9.90 Å². The van der Waals surface area contributed by atoms with Gasteiger partial charge in [0.2, 0.25) is 0 Å². The van der Waals surface area contributed by atoms with Crippen LogP contribution in [0.1, 0.15) is 13.3 Å². The number of rotatable bonds is 7. The number of anilines is 1. The van der Waals surface area contributed by atoms with E-state index < -0.39 is 6.10 Å². The van der Waals surface area contributed by atoms with E-state index in [-0.39, 0.29) is 10.5 Å². The summed E-state index contributed by atoms with van der Waals surface area (Å²) in [6.45, 7) is 2.70. The number of amides is 1. The summed E-state index contributed by atoms with van der Waals surface area (Å²) in [7, 11) is 3.68. The van der Waals surface area contributed by atoms with Gasteiger partial charge < -0.3 is 10.4 Å². The zero-order valence-electron chi connectivity index (χ0n) is 12.2. The van der Waals surface area contributed by atoms with E-state index in [0.717, 1.165) is 5.69 Å². The number of nitrogens with one attached hydrogen (secondary N) is 2. The summed E-state index contributed by atoms with van der Waals surface area (Å²) in [4.78, 5) is 11.8. The van der Waals surface area contributed by atoms with E-state index in [1.165, 1.54) is 0 Å². The van der Waals surface area contributed by atoms with Crippen molar-refractivity contribution in [1.82, 2.24) is 5.43 Å². The molecule has 1 amide bonds. The average molecular weight is 301 g/mol. The van der Waals surface area contributed by atoms with Gasteiger partial charge in [-0.25, -0.2) is 10.0 Å². The molecule has 6 heteroatoms. The summed E-state index contributed by atoms with van der Waals surface area (Å²) in [6, 6.07) is 7.37. The molecule has 0 spiro atoms. The maximum atomic E-state index is 11.8. The minimum absolute atomic E-state index is 0.0646. The highest BCUT2D eigenvalue weighted by atomic mass is 35.5. The lowest BCUT2D eigenvalue weighted by Gasteiger charge is -2.30. The van der Waals surface area contributed by atoms with Gasteiger partial charge in [-0.05, 0) is 25.1 Å². The van der Waals surface area contributed by atoms with Gasteiger partial charge in [-0.3, -0.25) is 4.79 Å². The van der Waals surface area contributed by atoms with Crippen LogP contribution in [0.15, 0.2) is 24.3 Å². The third kappa shape index (κ3) is 6.75. The Morgan fingerprint density at radius 1 is 1.45 bits per heavy atom. The van der Waals surface area contributed by atoms with Gasteiger partial charge >= 0.3 is 0 Å². The van der Waals surface area contributed by atoms with Crippen molar-refractivity contribution in [2.75, 3.05) is 32.5 Å². The molecule has 0 aliphatic heterocycles. The van der Waals surface area contributed by atoms with Crippen LogP contribution in [0.2, 0.25) is 5.02 Å². The number of aliphatic hydroxyl groups is 1. The second-order valence-electron chi connectivity index (χ2n) is 5.44. The molecule has 3 N–H and O–H groups in total. The second kappa shape index (κ2) is 7.47. The number of hydrogen-bond donors (Lipinski definition) is 3. The van der Waals surface area contributed by atoms with Crippen LogP contribution in [0.25, 0.3) is 0 Å². The zero-order valence-corrected chi connectivity index (χ0v) is 12.9. The molecule has 20 heavy (non-hydrogen) atoms. The number of carbonyl (C=O) groups excluding carboxylic acids is 1. The Kier molecular flexibility index (Phi) is 6.26. The van der Waals surface area contributed by atoms with Crippen LogP contribution < -0.4 is 10.7 Å². The maximum Gasteiger partial charge on any atom is 0.266 e. The highest BCUT2D eigenvalue weighted by Gasteiger charge is 2.20. The fraction of sp³-hybridized carbons (Fsp3) is 0.500. The predicted octanol–water partition coefficient (Wildman–Crippen LogP) is 1.63. The minimum atomic E-state index is -0.463. The number of quaternary nitrogens is 1. The van der Waals surface area contributed by atoms with Crippen molar-refractivity contribution in [3.63, 3.8) is 0 Å². The van der Waals surface area contributed by atoms with Gasteiger partial charge in [-0.2, -0.15) is 0 Å². The number of nitrogens with zero attached hydrogens (tertiary/aromatic N) is 1. The van der Waals surface area contributed by atoms with Gasteiger partial charge in [-0.15, -0.1) is 0 Å². The number of hydrogen-bond acceptors (Lipinski definition) is 3. The largest absolute Gasteiger partial charge is 0.387 e. The summed E-state index contributed by atoms with van der Waals surface area (Å²) < 4.78 is 0.258. The number of aliphatic hydroxyl groups excluding tert-OH is 1. The van der Waals surface area contributed by atoms with Gasteiger partial charge in [0.1, 0.15) is 12.6 Å². The summed E-state index contributed by atoms with van der Waals surface area (Å²) in [5.41, 5.74) is 3.75. The fourth-order valence-electron chi connectivity index (χ4n) is 2.02. The highest BCUT2D eigenvalue weighted by molar-refractivity contribution is 6.30. The topological polar surface area (TPSA) is 61.4 Å². The van der Waals surface area contributed by atoms with Crippen molar-refractivity contribution in [2.24, 2.45) is 0 Å². The average Bonchev–Trinajstić information content (AvgIpc) is 2.26. The summed E-state index contributed by atoms with van der Waals surface area (Å²) in [5.74, 6) is -0.0646. The van der Waals surface area contributed by atoms with Gasteiger partial charge in [0.15, 0.2) is 0 Å². The highest BCUT2D eigenvalue weighted by Crippen LogP contribution is 2.14. The number of benzene rings is 1.